The molecule has 37 rings (SSSR count). The molecule has 0 fully saturated rings. The minimum Gasteiger partial charge on any atom is -0.0267 e. The van der Waals surface area contributed by atoms with Crippen LogP contribution in [0.1, 0.15) is 181 Å². The largest absolute Gasteiger partial charge is 0.0372 e. The van der Waals surface area contributed by atoms with Gasteiger partial charge in [-0.2, -0.15) is 0 Å². The van der Waals surface area contributed by atoms with Crippen LogP contribution in [0.5, 0.6) is 0 Å². The highest BCUT2D eigenvalue weighted by Gasteiger charge is 2.67. The van der Waals surface area contributed by atoms with E-state index in [1.165, 1.54) is 0 Å². The molecule has 0 radical (unpaired) electrons. The summed E-state index contributed by atoms with van der Waals surface area (Å²) in [5.74, 6) is 2.90. The Bertz CT molecular complexity index is 6880. The third-order valence-electron chi connectivity index (χ3n) is 28.1. The summed E-state index contributed by atoms with van der Waals surface area (Å²) in [6.07, 6.45) is 0. The van der Waals surface area contributed by atoms with E-state index < -0.39 is 0 Å². The third kappa shape index (κ3) is 1.23. The number of rotatable bonds is 0. The summed E-state index contributed by atoms with van der Waals surface area (Å²) in [6.45, 7) is 0. The molecule has 20 aromatic carbocycles. The van der Waals surface area contributed by atoms with Gasteiger partial charge in [-0.05, 0) is 338 Å². The monoisotopic (exact) mass is 848 g/mol. The second-order valence-corrected chi connectivity index (χ2v) is 27.6. The molecule has 8 atom stereocenters. The lowest BCUT2D eigenvalue weighted by Crippen LogP contribution is -2.34. The van der Waals surface area contributed by atoms with Crippen molar-refractivity contribution in [2.45, 2.75) is 47.3 Å². The smallest absolute Gasteiger partial charge is 0.0267 e. The topological polar surface area (TPSA) is 0 Å². The van der Waals surface area contributed by atoms with Crippen LogP contribution in [0, 0.1) is 0 Å². The molecule has 70 heavy (non-hydrogen) atoms. The highest BCUT2D eigenvalue weighted by molar-refractivity contribution is 6.68. The predicted octanol–water partition coefficient (Wildman–Crippen LogP) is 16.4. The summed E-state index contributed by atoms with van der Waals surface area (Å²) in [7, 11) is 0. The molecule has 0 saturated carbocycles. The molecule has 0 nitrogen and oxygen atoms in total. The van der Waals surface area contributed by atoms with Crippen molar-refractivity contribution in [3.05, 3.63) is 134 Å². The van der Waals surface area contributed by atoms with Gasteiger partial charge in [0.1, 0.15) is 0 Å². The Kier molecular flexibility index (Phi) is 1.88. The number of hydrogen-bond donors (Lipinski definition) is 0. The quantitative estimate of drug-likeness (QED) is 0.133. The molecule has 0 heteroatoms. The van der Waals surface area contributed by atoms with E-state index in [0.717, 1.165) is 0 Å². The summed E-state index contributed by atoms with van der Waals surface area (Å²) in [6, 6.07) is 0. The Labute approximate surface area is 383 Å². The average Bonchev–Trinajstić information content (AvgIpc) is 4.34. The predicted molar refractivity (Wildman–Crippen MR) is 278 cm³/mol. The van der Waals surface area contributed by atoms with Crippen LogP contribution in [0.15, 0.2) is 0 Å². The molecule has 0 saturated heterocycles. The zero-order valence-corrected chi connectivity index (χ0v) is 35.6. The van der Waals surface area contributed by atoms with Crippen LogP contribution >= 0.6 is 0 Å². The molecule has 0 spiro atoms. The molecule has 17 aliphatic rings. The summed E-state index contributed by atoms with van der Waals surface area (Å²) < 4.78 is 0. The van der Waals surface area contributed by atoms with Gasteiger partial charge in [0.05, 0.1) is 0 Å². The normalized spacial score (nSPS) is 28.3. The zero-order valence-electron chi connectivity index (χ0n) is 35.6. The van der Waals surface area contributed by atoms with E-state index in [-0.39, 0.29) is 0 Å². The molecule has 0 aliphatic heterocycles. The maximum Gasteiger partial charge on any atom is 0.0372 e. The van der Waals surface area contributed by atoms with Crippen LogP contribution in [0.4, 0.5) is 0 Å². The lowest BCUT2D eigenvalue weighted by atomic mass is 9.53. The maximum absolute atomic E-state index is 1.87. The Morgan fingerprint density at radius 1 is 0.0714 bits per heavy atom. The second kappa shape index (κ2) is 5.37. The van der Waals surface area contributed by atoms with Crippen LogP contribution in [0.25, 0.3) is 205 Å². The van der Waals surface area contributed by atoms with Gasteiger partial charge in [0.15, 0.2) is 0 Å². The lowest BCUT2D eigenvalue weighted by molar-refractivity contribution is 0.712. The molecule has 288 valence electrons. The van der Waals surface area contributed by atoms with E-state index >= 15 is 0 Å². The van der Waals surface area contributed by atoms with E-state index in [1.54, 1.807) is 216 Å². The van der Waals surface area contributed by atoms with Gasteiger partial charge in [-0.1, -0.05) is 0 Å². The van der Waals surface area contributed by atoms with Crippen molar-refractivity contribution >= 4 is 205 Å². The molecular formula is C70H8. The SMILES string of the molecule is c12c3c4c5c6c1C1c7c8c9c%10c%11c7C2c2c7c%12c%13c(c%14c%15c%16c%17c(c5c5c%18c6c1c1c6c%19c(c%20c%21c%22c%19c%19c%23c(c%16c%16c(c%24c%25c%26c(c(c%10c%10c(c2%11)c%12c(c%26%10)c2c%13c%15c%16c%252)C%209)C%21%24)C%22%23)c%17c5c%19c6%18)C81)C4%14)C37. The van der Waals surface area contributed by atoms with Gasteiger partial charge < -0.3 is 0 Å². The van der Waals surface area contributed by atoms with Crippen molar-refractivity contribution in [1.29, 1.82) is 0 Å². The summed E-state index contributed by atoms with van der Waals surface area (Å²) >= 11 is 0. The molecule has 0 aromatic heterocycles. The van der Waals surface area contributed by atoms with E-state index in [9.17, 15) is 0 Å². The average molecular weight is 849 g/mol. The van der Waals surface area contributed by atoms with Crippen molar-refractivity contribution in [3.63, 3.8) is 0 Å². The van der Waals surface area contributed by atoms with Crippen LogP contribution in [0.3, 0.4) is 0 Å². The van der Waals surface area contributed by atoms with Crippen LogP contribution in [0.2, 0.25) is 0 Å². The lowest BCUT2D eigenvalue weighted by Gasteiger charge is -2.48. The first-order valence-corrected chi connectivity index (χ1v) is 27.2. The molecule has 8 unspecified atom stereocenters. The van der Waals surface area contributed by atoms with E-state index in [1.807, 2.05) is 122 Å². The van der Waals surface area contributed by atoms with E-state index in [0.29, 0.717) is 47.3 Å². The van der Waals surface area contributed by atoms with Crippen molar-refractivity contribution in [2.75, 3.05) is 0 Å². The Hall–Kier alpha value is -8.06. The maximum atomic E-state index is 1.87. The Morgan fingerprint density at radius 2 is 0.157 bits per heavy atom. The third-order valence-corrected chi connectivity index (χ3v) is 28.1. The van der Waals surface area contributed by atoms with E-state index in [4.69, 9.17) is 0 Å². The molecule has 0 heterocycles. The van der Waals surface area contributed by atoms with Crippen molar-refractivity contribution in [2.24, 2.45) is 0 Å². The van der Waals surface area contributed by atoms with Gasteiger partial charge in [0.25, 0.3) is 0 Å². The molecule has 0 N–H and O–H groups in total. The second-order valence-electron chi connectivity index (χ2n) is 27.6. The fourth-order valence-electron chi connectivity index (χ4n) is 28.6. The molecule has 17 aliphatic carbocycles. The van der Waals surface area contributed by atoms with Crippen molar-refractivity contribution in [3.8, 4) is 0 Å². The van der Waals surface area contributed by atoms with Crippen molar-refractivity contribution in [1.82, 2.24) is 0 Å². The van der Waals surface area contributed by atoms with Crippen LogP contribution in [-0.4, -0.2) is 0 Å². The van der Waals surface area contributed by atoms with Gasteiger partial charge in [0.2, 0.25) is 0 Å². The van der Waals surface area contributed by atoms with Crippen LogP contribution in [-0.2, 0) is 0 Å². The number of benzene rings is 16. The highest BCUT2D eigenvalue weighted by atomic mass is 14.7. The summed E-state index contributed by atoms with van der Waals surface area (Å²) in [5.41, 5.74) is 44.2. The number of hydrogen-bond acceptors (Lipinski definition) is 0. The van der Waals surface area contributed by atoms with Gasteiger partial charge in [-0.15, -0.1) is 0 Å². The fraction of sp³-hybridized carbons (Fsp3) is 0.114. The zero-order chi connectivity index (χ0) is 40.4. The Morgan fingerprint density at radius 3 is 0.357 bits per heavy atom. The first-order valence-electron chi connectivity index (χ1n) is 27.2. The molecule has 20 aromatic rings. The standard InChI is InChI=1S/C70H8/c1-2-22-5-6-24-13-14-26-11-9-23-4-3(21(1)51-52(22)54(24)55(26)53(23)51)33-31(1)61-35-7-8-27-15-16-29-19-20-30-18-17-28-12-10(25(7)56-57(27)59(29)60(30)58(28)56)37(35)63(33)65-36(4)40(9)67(44(17)42(12)65)69-46(11)47(14)70(50(20)49(18)69)68-43(13)39(6)66(45(16)48(19)68)64-34(5)32(2)62(61)38(8)41(15)64/h31-32,37,40-43,45H. The minimum atomic E-state index is 0.347. The highest BCUT2D eigenvalue weighted by Crippen LogP contribution is 2.87. The fourth-order valence-corrected chi connectivity index (χ4v) is 28.6. The summed E-state index contributed by atoms with van der Waals surface area (Å²) in [5, 5.41) is 66.9. The first kappa shape index (κ1) is 24.5. The van der Waals surface area contributed by atoms with Crippen LogP contribution < -0.4 is 0 Å². The van der Waals surface area contributed by atoms with E-state index in [2.05, 4.69) is 0 Å². The minimum absolute atomic E-state index is 0.347. The first-order chi connectivity index (χ1) is 35.0. The molecule has 0 amide bonds. The Balaban J connectivity index is 1.14. The van der Waals surface area contributed by atoms with Gasteiger partial charge in [-0.3, -0.25) is 0 Å². The molecular weight excluding hydrogens is 841 g/mol. The van der Waals surface area contributed by atoms with Crippen molar-refractivity contribution < 1.29 is 0 Å². The summed E-state index contributed by atoms with van der Waals surface area (Å²) in [4.78, 5) is 0. The molecule has 0 bridgehead atoms. The van der Waals surface area contributed by atoms with Gasteiger partial charge in [-0.25, -0.2) is 0 Å². The van der Waals surface area contributed by atoms with Gasteiger partial charge >= 0.3 is 0 Å². The van der Waals surface area contributed by atoms with Gasteiger partial charge in [0, 0.05) is 47.3 Å².